The zero-order valence-corrected chi connectivity index (χ0v) is 18.7. The van der Waals surface area contributed by atoms with Crippen LogP contribution in [0, 0.1) is 0 Å². The van der Waals surface area contributed by atoms with Crippen LogP contribution in [0.25, 0.3) is 10.2 Å². The number of rotatable bonds is 5. The number of aromatic nitrogens is 2. The molecule has 0 spiro atoms. The van der Waals surface area contributed by atoms with Gasteiger partial charge in [0.1, 0.15) is 4.70 Å². The Morgan fingerprint density at radius 2 is 2.03 bits per heavy atom. The average Bonchev–Trinajstić information content (AvgIpc) is 3.18. The van der Waals surface area contributed by atoms with E-state index in [2.05, 4.69) is 26.3 Å². The number of hydrogen-bond acceptors (Lipinski definition) is 5. The van der Waals surface area contributed by atoms with Gasteiger partial charge in [-0.25, -0.2) is 4.98 Å². The highest BCUT2D eigenvalue weighted by Crippen LogP contribution is 2.26. The van der Waals surface area contributed by atoms with Crippen molar-refractivity contribution in [1.29, 1.82) is 0 Å². The minimum atomic E-state index is -0.398. The molecule has 0 atom stereocenters. The SMILES string of the molecule is O=C(Nn1c(SCc2ccccc2Cl)nc2ccsc2c1=O)c1cccc(Br)c1. The van der Waals surface area contributed by atoms with Crippen molar-refractivity contribution < 1.29 is 4.79 Å². The van der Waals surface area contributed by atoms with E-state index in [4.69, 9.17) is 11.6 Å². The van der Waals surface area contributed by atoms with Crippen molar-refractivity contribution >= 4 is 66.8 Å². The normalized spacial score (nSPS) is 11.0. The maximum absolute atomic E-state index is 13.0. The Labute approximate surface area is 187 Å². The summed E-state index contributed by atoms with van der Waals surface area (Å²) < 4.78 is 2.48. The number of carbonyl (C=O) groups is 1. The van der Waals surface area contributed by atoms with Crippen LogP contribution in [0.1, 0.15) is 15.9 Å². The number of carbonyl (C=O) groups excluding carboxylic acids is 1. The highest BCUT2D eigenvalue weighted by Gasteiger charge is 2.16. The van der Waals surface area contributed by atoms with Crippen LogP contribution in [0.4, 0.5) is 0 Å². The Kier molecular flexibility index (Phi) is 6.05. The van der Waals surface area contributed by atoms with Gasteiger partial charge >= 0.3 is 0 Å². The van der Waals surface area contributed by atoms with Gasteiger partial charge in [0.05, 0.1) is 5.52 Å². The van der Waals surface area contributed by atoms with E-state index in [9.17, 15) is 9.59 Å². The second-order valence-corrected chi connectivity index (χ2v) is 9.18. The summed E-state index contributed by atoms with van der Waals surface area (Å²) in [4.78, 5) is 30.3. The third-order valence-electron chi connectivity index (χ3n) is 4.06. The molecule has 0 aliphatic rings. The predicted octanol–water partition coefficient (Wildman–Crippen LogP) is 5.55. The molecule has 1 amide bonds. The maximum atomic E-state index is 13.0. The number of amides is 1. The van der Waals surface area contributed by atoms with Gasteiger partial charge in [-0.15, -0.1) is 11.3 Å². The number of nitrogens with one attached hydrogen (secondary N) is 1. The van der Waals surface area contributed by atoms with Gasteiger partial charge in [0.15, 0.2) is 5.16 Å². The highest BCUT2D eigenvalue weighted by atomic mass is 79.9. The van der Waals surface area contributed by atoms with Gasteiger partial charge in [0, 0.05) is 20.8 Å². The Balaban J connectivity index is 1.70. The Morgan fingerprint density at radius 1 is 1.21 bits per heavy atom. The van der Waals surface area contributed by atoms with Crippen molar-refractivity contribution in [2.45, 2.75) is 10.9 Å². The number of benzene rings is 2. The topological polar surface area (TPSA) is 64.0 Å². The number of halogens is 2. The molecular weight excluding hydrogens is 494 g/mol. The lowest BCUT2D eigenvalue weighted by Crippen LogP contribution is -2.34. The summed E-state index contributed by atoms with van der Waals surface area (Å²) in [5.41, 5.74) is 4.34. The highest BCUT2D eigenvalue weighted by molar-refractivity contribution is 9.10. The van der Waals surface area contributed by atoms with Crippen LogP contribution in [0.5, 0.6) is 0 Å². The number of fused-ring (bicyclic) bond motifs is 1. The molecule has 4 aromatic rings. The molecule has 4 rings (SSSR count). The molecule has 0 saturated heterocycles. The molecule has 29 heavy (non-hydrogen) atoms. The van der Waals surface area contributed by atoms with Crippen molar-refractivity contribution in [3.63, 3.8) is 0 Å². The monoisotopic (exact) mass is 505 g/mol. The molecule has 0 saturated carbocycles. The zero-order valence-electron chi connectivity index (χ0n) is 14.8. The van der Waals surface area contributed by atoms with E-state index in [1.165, 1.54) is 27.8 Å². The Bertz CT molecular complexity index is 1270. The number of thiophene rings is 1. The molecule has 0 radical (unpaired) electrons. The van der Waals surface area contributed by atoms with Gasteiger partial charge in [-0.3, -0.25) is 15.0 Å². The second kappa shape index (κ2) is 8.71. The standard InChI is InChI=1S/C20H13BrClN3O2S2/c21-14-6-3-5-12(10-14)18(26)24-25-19(27)17-16(8-9-28-17)23-20(25)29-11-13-4-1-2-7-15(13)22/h1-10H,11H2,(H,24,26). The minimum Gasteiger partial charge on any atom is -0.267 e. The van der Waals surface area contributed by atoms with Crippen LogP contribution >= 0.6 is 50.6 Å². The van der Waals surface area contributed by atoms with Gasteiger partial charge in [0.2, 0.25) is 0 Å². The van der Waals surface area contributed by atoms with Crippen molar-refractivity contribution in [2.24, 2.45) is 0 Å². The van der Waals surface area contributed by atoms with Gasteiger partial charge in [-0.1, -0.05) is 63.6 Å². The lowest BCUT2D eigenvalue weighted by atomic mass is 10.2. The first-order valence-corrected chi connectivity index (χ1v) is 11.5. The van der Waals surface area contributed by atoms with E-state index in [1.54, 1.807) is 24.3 Å². The largest absolute Gasteiger partial charge is 0.291 e. The fourth-order valence-electron chi connectivity index (χ4n) is 2.64. The molecule has 0 aliphatic heterocycles. The average molecular weight is 507 g/mol. The van der Waals surface area contributed by atoms with Crippen LogP contribution in [0.15, 0.2) is 74.4 Å². The Morgan fingerprint density at radius 3 is 2.83 bits per heavy atom. The molecule has 2 aromatic heterocycles. The first kappa shape index (κ1) is 20.2. The summed E-state index contributed by atoms with van der Waals surface area (Å²) >= 11 is 12.2. The lowest BCUT2D eigenvalue weighted by molar-refractivity contribution is 0.100. The molecule has 2 aromatic carbocycles. The molecule has 0 bridgehead atoms. The van der Waals surface area contributed by atoms with E-state index < -0.39 is 5.91 Å². The molecule has 9 heteroatoms. The van der Waals surface area contributed by atoms with E-state index in [0.29, 0.717) is 31.7 Å². The van der Waals surface area contributed by atoms with Crippen molar-refractivity contribution in [1.82, 2.24) is 9.66 Å². The molecule has 146 valence electrons. The summed E-state index contributed by atoms with van der Waals surface area (Å²) in [6, 6.07) is 16.2. The maximum Gasteiger partial charge on any atom is 0.291 e. The van der Waals surface area contributed by atoms with Crippen LogP contribution in [0.3, 0.4) is 0 Å². The van der Waals surface area contributed by atoms with Crippen molar-refractivity contribution in [3.05, 3.63) is 91.0 Å². The smallest absolute Gasteiger partial charge is 0.267 e. The molecule has 1 N–H and O–H groups in total. The molecular formula is C20H13BrClN3O2S2. The summed E-state index contributed by atoms with van der Waals surface area (Å²) in [7, 11) is 0. The summed E-state index contributed by atoms with van der Waals surface area (Å²) in [6.45, 7) is 0. The first-order chi connectivity index (χ1) is 14.0. The molecule has 0 unspecified atom stereocenters. The van der Waals surface area contributed by atoms with E-state index >= 15 is 0 Å². The summed E-state index contributed by atoms with van der Waals surface area (Å²) in [5, 5.41) is 2.84. The lowest BCUT2D eigenvalue weighted by Gasteiger charge is -2.13. The predicted molar refractivity (Wildman–Crippen MR) is 123 cm³/mol. The molecule has 0 fully saturated rings. The van der Waals surface area contributed by atoms with Crippen LogP contribution in [0.2, 0.25) is 5.02 Å². The Hall–Kier alpha value is -2.13. The number of nitrogens with zero attached hydrogens (tertiary/aromatic N) is 2. The van der Waals surface area contributed by atoms with Gasteiger partial charge in [-0.05, 0) is 41.3 Å². The quantitative estimate of drug-likeness (QED) is 0.285. The second-order valence-electron chi connectivity index (χ2n) is 6.00. The van der Waals surface area contributed by atoms with Gasteiger partial charge in [0.25, 0.3) is 11.5 Å². The molecule has 0 aliphatic carbocycles. The van der Waals surface area contributed by atoms with Crippen molar-refractivity contribution in [3.8, 4) is 0 Å². The van der Waals surface area contributed by atoms with E-state index in [1.807, 2.05) is 35.7 Å². The van der Waals surface area contributed by atoms with E-state index in [-0.39, 0.29) is 5.56 Å². The number of thioether (sulfide) groups is 1. The molecule has 2 heterocycles. The van der Waals surface area contributed by atoms with Crippen LogP contribution in [-0.4, -0.2) is 15.6 Å². The minimum absolute atomic E-state index is 0.310. The molecule has 5 nitrogen and oxygen atoms in total. The number of hydrogen-bond donors (Lipinski definition) is 1. The zero-order chi connectivity index (χ0) is 20.4. The van der Waals surface area contributed by atoms with Gasteiger partial charge in [-0.2, -0.15) is 4.68 Å². The van der Waals surface area contributed by atoms with Crippen molar-refractivity contribution in [2.75, 3.05) is 5.43 Å². The summed E-state index contributed by atoms with van der Waals surface area (Å²) in [5.74, 6) is 0.111. The first-order valence-electron chi connectivity index (χ1n) is 8.46. The van der Waals surface area contributed by atoms with E-state index in [0.717, 1.165) is 10.0 Å². The fraction of sp³-hybridized carbons (Fsp3) is 0.0500. The van der Waals surface area contributed by atoms with Crippen LogP contribution < -0.4 is 11.0 Å². The fourth-order valence-corrected chi connectivity index (χ4v) is 5.04. The van der Waals surface area contributed by atoms with Crippen LogP contribution in [-0.2, 0) is 5.75 Å². The summed E-state index contributed by atoms with van der Waals surface area (Å²) in [6.07, 6.45) is 0. The third kappa shape index (κ3) is 4.40. The van der Waals surface area contributed by atoms with Gasteiger partial charge < -0.3 is 0 Å². The third-order valence-corrected chi connectivity index (χ3v) is 6.80.